The van der Waals surface area contributed by atoms with Crippen molar-refractivity contribution in [3.8, 4) is 0 Å². The van der Waals surface area contributed by atoms with Gasteiger partial charge in [0.2, 0.25) is 5.91 Å². The molecule has 11 heteroatoms. The predicted octanol–water partition coefficient (Wildman–Crippen LogP) is 3.07. The largest absolute Gasteiger partial charge is 0.480 e. The number of halogens is 2. The van der Waals surface area contributed by atoms with Crippen LogP contribution in [0.1, 0.15) is 52.0 Å². The van der Waals surface area contributed by atoms with Crippen LogP contribution in [0.15, 0.2) is 30.3 Å². The fourth-order valence-electron chi connectivity index (χ4n) is 4.67. The Balaban J connectivity index is 1.40. The van der Waals surface area contributed by atoms with Crippen molar-refractivity contribution in [1.82, 2.24) is 20.9 Å². The second-order valence-electron chi connectivity index (χ2n) is 8.88. The molecule has 2 aromatic carbocycles. The first-order chi connectivity index (χ1) is 17.2. The molecule has 2 aliphatic rings. The number of rotatable bonds is 6. The van der Waals surface area contributed by atoms with Crippen LogP contribution in [0.25, 0.3) is 0 Å². The zero-order valence-corrected chi connectivity index (χ0v) is 21.1. The van der Waals surface area contributed by atoms with Gasteiger partial charge in [-0.3, -0.25) is 9.59 Å². The molecule has 4 N–H and O–H groups in total. The van der Waals surface area contributed by atoms with E-state index in [1.807, 2.05) is 24.3 Å². The molecule has 0 bridgehead atoms. The van der Waals surface area contributed by atoms with Crippen LogP contribution in [-0.4, -0.2) is 53.0 Å². The third-order valence-corrected chi connectivity index (χ3v) is 7.30. The lowest BCUT2D eigenvalue weighted by molar-refractivity contribution is -0.139. The SMILES string of the molecule is CC(=O)N1CCc2c(cc(Cl)c(C(=O)NC(CNC(=O)NC3CCc4ccccc43)C(=O)O)c2Cl)C1. The number of carbonyl (C=O) groups excluding carboxylic acids is 3. The van der Waals surface area contributed by atoms with Crippen molar-refractivity contribution in [2.24, 2.45) is 0 Å². The number of carboxylic acid groups (broad SMARTS) is 1. The van der Waals surface area contributed by atoms with Crippen LogP contribution < -0.4 is 16.0 Å². The maximum atomic E-state index is 13.0. The molecule has 36 heavy (non-hydrogen) atoms. The lowest BCUT2D eigenvalue weighted by atomic mass is 9.96. The molecule has 4 amide bonds. The predicted molar refractivity (Wildman–Crippen MR) is 134 cm³/mol. The Kier molecular flexibility index (Phi) is 7.70. The standard InChI is InChI=1S/C25H26Cl2N4O5/c1-13(32)31-9-8-17-15(12-31)10-18(26)21(22(17)27)23(33)29-20(24(34)35)11-28-25(36)30-19-7-6-14-4-2-3-5-16(14)19/h2-5,10,19-20H,6-9,11-12H2,1H3,(H,29,33)(H,34,35)(H2,28,30,36). The average molecular weight is 533 g/mol. The molecule has 0 fully saturated rings. The van der Waals surface area contributed by atoms with Crippen LogP contribution >= 0.6 is 23.2 Å². The number of aryl methyl sites for hydroxylation is 1. The first-order valence-corrected chi connectivity index (χ1v) is 12.3. The van der Waals surface area contributed by atoms with Gasteiger partial charge in [-0.15, -0.1) is 0 Å². The van der Waals surface area contributed by atoms with E-state index in [1.54, 1.807) is 11.0 Å². The Morgan fingerprint density at radius 3 is 2.61 bits per heavy atom. The second kappa shape index (κ2) is 10.8. The number of hydrogen-bond donors (Lipinski definition) is 4. The summed E-state index contributed by atoms with van der Waals surface area (Å²) < 4.78 is 0. The molecule has 2 aromatic rings. The summed E-state index contributed by atoms with van der Waals surface area (Å²) in [6.07, 6.45) is 2.05. The van der Waals surface area contributed by atoms with Gasteiger partial charge in [-0.05, 0) is 47.6 Å². The van der Waals surface area contributed by atoms with Gasteiger partial charge in [0.05, 0.1) is 28.2 Å². The summed E-state index contributed by atoms with van der Waals surface area (Å²) in [6, 6.07) is 7.30. The maximum Gasteiger partial charge on any atom is 0.328 e. The van der Waals surface area contributed by atoms with E-state index in [0.29, 0.717) is 25.1 Å². The summed E-state index contributed by atoms with van der Waals surface area (Å²) in [5.74, 6) is -2.16. The number of hydrogen-bond acceptors (Lipinski definition) is 4. The molecule has 0 spiro atoms. The van der Waals surface area contributed by atoms with E-state index in [0.717, 1.165) is 24.0 Å². The van der Waals surface area contributed by atoms with Crippen molar-refractivity contribution in [2.75, 3.05) is 13.1 Å². The van der Waals surface area contributed by atoms with Crippen molar-refractivity contribution in [2.45, 2.75) is 44.8 Å². The summed E-state index contributed by atoms with van der Waals surface area (Å²) in [6.45, 7) is 1.92. The minimum atomic E-state index is -1.41. The number of nitrogens with one attached hydrogen (secondary N) is 3. The summed E-state index contributed by atoms with van der Waals surface area (Å²) in [7, 11) is 0. The minimum absolute atomic E-state index is 0.0355. The molecule has 1 aliphatic heterocycles. The van der Waals surface area contributed by atoms with E-state index in [9.17, 15) is 24.3 Å². The van der Waals surface area contributed by atoms with Crippen LogP contribution in [0.3, 0.4) is 0 Å². The summed E-state index contributed by atoms with van der Waals surface area (Å²) in [4.78, 5) is 50.6. The van der Waals surface area contributed by atoms with Gasteiger partial charge in [0.25, 0.3) is 5.91 Å². The van der Waals surface area contributed by atoms with E-state index < -0.39 is 23.9 Å². The van der Waals surface area contributed by atoms with E-state index in [1.165, 1.54) is 12.5 Å². The Morgan fingerprint density at radius 1 is 1.14 bits per heavy atom. The highest BCUT2D eigenvalue weighted by molar-refractivity contribution is 6.40. The van der Waals surface area contributed by atoms with Gasteiger partial charge in [0, 0.05) is 20.0 Å². The maximum absolute atomic E-state index is 13.0. The highest BCUT2D eigenvalue weighted by Gasteiger charge is 2.29. The fraction of sp³-hybridized carbons (Fsp3) is 0.360. The molecule has 0 radical (unpaired) electrons. The Bertz CT molecular complexity index is 1240. The first-order valence-electron chi connectivity index (χ1n) is 11.6. The normalized spacial score (nSPS) is 17.0. The second-order valence-corrected chi connectivity index (χ2v) is 9.67. The monoisotopic (exact) mass is 532 g/mol. The molecule has 190 valence electrons. The van der Waals surface area contributed by atoms with Gasteiger partial charge in [0.1, 0.15) is 6.04 Å². The topological polar surface area (TPSA) is 128 Å². The van der Waals surface area contributed by atoms with Crippen molar-refractivity contribution < 1.29 is 24.3 Å². The van der Waals surface area contributed by atoms with Gasteiger partial charge in [-0.1, -0.05) is 47.5 Å². The Labute approximate surface area is 218 Å². The number of urea groups is 1. The molecular weight excluding hydrogens is 507 g/mol. The molecule has 0 aromatic heterocycles. The van der Waals surface area contributed by atoms with Gasteiger partial charge in [-0.25, -0.2) is 9.59 Å². The number of carbonyl (C=O) groups is 4. The molecule has 1 heterocycles. The van der Waals surface area contributed by atoms with E-state index in [2.05, 4.69) is 16.0 Å². The molecule has 0 saturated heterocycles. The van der Waals surface area contributed by atoms with Gasteiger partial charge >= 0.3 is 12.0 Å². The van der Waals surface area contributed by atoms with E-state index in [-0.39, 0.29) is 34.1 Å². The van der Waals surface area contributed by atoms with E-state index in [4.69, 9.17) is 23.2 Å². The van der Waals surface area contributed by atoms with Gasteiger partial charge in [-0.2, -0.15) is 0 Å². The molecule has 9 nitrogen and oxygen atoms in total. The van der Waals surface area contributed by atoms with E-state index >= 15 is 0 Å². The number of amides is 4. The lowest BCUT2D eigenvalue weighted by Gasteiger charge is -2.29. The van der Waals surface area contributed by atoms with Crippen molar-refractivity contribution in [1.29, 1.82) is 0 Å². The average Bonchev–Trinajstić information content (AvgIpc) is 3.23. The highest BCUT2D eigenvalue weighted by Crippen LogP contribution is 2.35. The number of fused-ring (bicyclic) bond motifs is 2. The van der Waals surface area contributed by atoms with Crippen LogP contribution in [-0.2, 0) is 29.0 Å². The molecule has 2 unspecified atom stereocenters. The molecule has 4 rings (SSSR count). The van der Waals surface area contributed by atoms with Gasteiger partial charge in [0.15, 0.2) is 0 Å². The molecule has 2 atom stereocenters. The molecule has 0 saturated carbocycles. The van der Waals surface area contributed by atoms with Crippen LogP contribution in [0.2, 0.25) is 10.0 Å². The third-order valence-electron chi connectivity index (χ3n) is 6.59. The van der Waals surface area contributed by atoms with Crippen molar-refractivity contribution in [3.05, 3.63) is 68.2 Å². The van der Waals surface area contributed by atoms with Crippen LogP contribution in [0.4, 0.5) is 4.79 Å². The molecule has 1 aliphatic carbocycles. The molecular formula is C25H26Cl2N4O5. The van der Waals surface area contributed by atoms with Gasteiger partial charge < -0.3 is 26.0 Å². The summed E-state index contributed by atoms with van der Waals surface area (Å²) >= 11 is 12.8. The van der Waals surface area contributed by atoms with Crippen LogP contribution in [0, 0.1) is 0 Å². The smallest absolute Gasteiger partial charge is 0.328 e. The Morgan fingerprint density at radius 2 is 1.89 bits per heavy atom. The summed E-state index contributed by atoms with van der Waals surface area (Å²) in [5, 5.41) is 17.6. The van der Waals surface area contributed by atoms with Crippen molar-refractivity contribution in [3.63, 3.8) is 0 Å². The quantitative estimate of drug-likeness (QED) is 0.454. The lowest BCUT2D eigenvalue weighted by Crippen LogP contribution is -2.50. The Hall–Kier alpha value is -3.30. The zero-order chi connectivity index (χ0) is 26.0. The minimum Gasteiger partial charge on any atom is -0.480 e. The number of benzene rings is 2. The fourth-order valence-corrected chi connectivity index (χ4v) is 5.43. The first kappa shape index (κ1) is 25.8. The third kappa shape index (κ3) is 5.42. The highest BCUT2D eigenvalue weighted by atomic mass is 35.5. The van der Waals surface area contributed by atoms with Crippen molar-refractivity contribution >= 4 is 47.0 Å². The number of nitrogens with zero attached hydrogens (tertiary/aromatic N) is 1. The zero-order valence-electron chi connectivity index (χ0n) is 19.6. The van der Waals surface area contributed by atoms with Crippen LogP contribution in [0.5, 0.6) is 0 Å². The number of carboxylic acids is 1. The number of aliphatic carboxylic acids is 1. The summed E-state index contributed by atoms with van der Waals surface area (Å²) in [5.41, 5.74) is 3.62.